The first kappa shape index (κ1) is 27.6. The van der Waals surface area contributed by atoms with Gasteiger partial charge in [0.05, 0.1) is 22.6 Å². The summed E-state index contributed by atoms with van der Waals surface area (Å²) in [6.07, 6.45) is 4.41. The molecule has 0 spiro atoms. The van der Waals surface area contributed by atoms with Crippen molar-refractivity contribution < 1.29 is 27.5 Å². The predicted octanol–water partition coefficient (Wildman–Crippen LogP) is 5.09. The second-order valence-electron chi connectivity index (χ2n) is 10.8. The smallest absolute Gasteiger partial charge is 0.309 e. The number of carboxylic acid groups (broad SMARTS) is 1. The molecule has 0 unspecified atom stereocenters. The van der Waals surface area contributed by atoms with Crippen LogP contribution in [0.3, 0.4) is 0 Å². The number of carbonyl (C=O) groups excluding carboxylic acids is 1. The topological polar surface area (TPSA) is 130 Å². The van der Waals surface area contributed by atoms with Crippen LogP contribution in [0.15, 0.2) is 34.7 Å². The highest BCUT2D eigenvalue weighted by molar-refractivity contribution is 7.92. The highest BCUT2D eigenvalue weighted by Gasteiger charge is 2.34. The summed E-state index contributed by atoms with van der Waals surface area (Å²) in [6.45, 7) is 5.47. The van der Waals surface area contributed by atoms with E-state index in [-0.39, 0.29) is 24.1 Å². The van der Waals surface area contributed by atoms with E-state index in [0.717, 1.165) is 35.8 Å². The van der Waals surface area contributed by atoms with Crippen LogP contribution in [-0.2, 0) is 14.8 Å². The number of carbonyl (C=O) groups is 2. The average Bonchev–Trinajstić information content (AvgIpc) is 3.63. The van der Waals surface area contributed by atoms with E-state index in [0.29, 0.717) is 41.8 Å². The van der Waals surface area contributed by atoms with Gasteiger partial charge in [-0.1, -0.05) is 36.2 Å². The maximum absolute atomic E-state index is 13.0. The Morgan fingerprint density at radius 1 is 1.18 bits per heavy atom. The molecule has 1 fully saturated rings. The molecule has 1 amide bonds. The lowest BCUT2D eigenvalue weighted by Gasteiger charge is -2.25. The van der Waals surface area contributed by atoms with Crippen LogP contribution in [0.2, 0.25) is 0 Å². The molecule has 1 aliphatic carbocycles. The first-order valence-electron chi connectivity index (χ1n) is 12.8. The molecule has 1 aliphatic rings. The van der Waals surface area contributed by atoms with Crippen molar-refractivity contribution >= 4 is 38.8 Å². The highest BCUT2D eigenvalue weighted by atomic mass is 32.2. The van der Waals surface area contributed by atoms with Gasteiger partial charge in [-0.15, -0.1) is 0 Å². The molecule has 2 heterocycles. The second kappa shape index (κ2) is 10.4. The van der Waals surface area contributed by atoms with Crippen LogP contribution < -0.4 is 9.62 Å². The number of aryl methyl sites for hydroxylation is 1. The van der Waals surface area contributed by atoms with Crippen molar-refractivity contribution in [2.45, 2.75) is 58.8 Å². The van der Waals surface area contributed by atoms with E-state index in [4.69, 9.17) is 9.40 Å². The van der Waals surface area contributed by atoms with Crippen molar-refractivity contribution in [2.24, 2.45) is 5.41 Å². The van der Waals surface area contributed by atoms with E-state index >= 15 is 0 Å². The molecule has 0 radical (unpaired) electrons. The Bertz CT molecular complexity index is 1470. The van der Waals surface area contributed by atoms with Gasteiger partial charge in [0, 0.05) is 19.2 Å². The Balaban J connectivity index is 1.79. The van der Waals surface area contributed by atoms with Gasteiger partial charge in [0.25, 0.3) is 5.91 Å². The molecule has 2 aromatic heterocycles. The van der Waals surface area contributed by atoms with Crippen LogP contribution in [0.1, 0.15) is 73.4 Å². The molecular formula is C28H35N3O6S. The van der Waals surface area contributed by atoms with Crippen molar-refractivity contribution in [3.63, 3.8) is 0 Å². The highest BCUT2D eigenvalue weighted by Crippen LogP contribution is 2.46. The number of hydrogen-bond donors (Lipinski definition) is 2. The molecule has 0 saturated heterocycles. The van der Waals surface area contributed by atoms with Gasteiger partial charge in [-0.25, -0.2) is 8.42 Å². The monoisotopic (exact) mass is 541 g/mol. The number of nitrogens with one attached hydrogen (secondary N) is 1. The molecule has 1 saturated carbocycles. The number of fused-ring (bicyclic) bond motifs is 1. The fourth-order valence-electron chi connectivity index (χ4n) is 4.54. The fraction of sp³-hybridized carbons (Fsp3) is 0.464. The van der Waals surface area contributed by atoms with E-state index in [2.05, 4.69) is 5.32 Å². The normalized spacial score (nSPS) is 14.0. The third-order valence-electron chi connectivity index (χ3n) is 7.10. The van der Waals surface area contributed by atoms with Crippen LogP contribution in [0.4, 0.5) is 5.82 Å². The number of pyridine rings is 1. The van der Waals surface area contributed by atoms with Gasteiger partial charge < -0.3 is 14.8 Å². The summed E-state index contributed by atoms with van der Waals surface area (Å²) in [5.41, 5.74) is 2.24. The van der Waals surface area contributed by atoms with Crippen LogP contribution in [0.25, 0.3) is 22.4 Å². The van der Waals surface area contributed by atoms with Gasteiger partial charge in [0.15, 0.2) is 0 Å². The molecule has 10 heteroatoms. The van der Waals surface area contributed by atoms with Crippen molar-refractivity contribution in [1.29, 1.82) is 0 Å². The van der Waals surface area contributed by atoms with Crippen molar-refractivity contribution in [3.8, 4) is 11.3 Å². The number of sulfonamides is 1. The first-order chi connectivity index (χ1) is 17.8. The lowest BCUT2D eigenvalue weighted by atomic mass is 9.87. The minimum atomic E-state index is -3.69. The lowest BCUT2D eigenvalue weighted by molar-refractivity contribution is -0.147. The van der Waals surface area contributed by atoms with Gasteiger partial charge in [-0.05, 0) is 64.0 Å². The zero-order valence-corrected chi connectivity index (χ0v) is 23.3. The summed E-state index contributed by atoms with van der Waals surface area (Å²) < 4.78 is 33.3. The first-order valence-corrected chi connectivity index (χ1v) is 14.7. The van der Waals surface area contributed by atoms with Crippen LogP contribution >= 0.6 is 0 Å². The number of nitrogens with zero attached hydrogens (tertiary/aromatic N) is 2. The Morgan fingerprint density at radius 2 is 1.84 bits per heavy atom. The van der Waals surface area contributed by atoms with Crippen LogP contribution in [0, 0.1) is 12.3 Å². The van der Waals surface area contributed by atoms with E-state index in [1.54, 1.807) is 20.9 Å². The maximum Gasteiger partial charge on any atom is 0.309 e. The number of rotatable bonds is 11. The average molecular weight is 542 g/mol. The van der Waals surface area contributed by atoms with E-state index < -0.39 is 21.4 Å². The molecule has 2 N–H and O–H groups in total. The molecule has 9 nitrogen and oxygen atoms in total. The third-order valence-corrected chi connectivity index (χ3v) is 8.26. The van der Waals surface area contributed by atoms with Crippen molar-refractivity contribution in [2.75, 3.05) is 24.2 Å². The summed E-state index contributed by atoms with van der Waals surface area (Å²) in [5.74, 6) is -0.348. The molecule has 1 aromatic carbocycles. The Morgan fingerprint density at radius 3 is 2.39 bits per heavy atom. The van der Waals surface area contributed by atoms with Gasteiger partial charge in [0.2, 0.25) is 15.7 Å². The fourth-order valence-corrected chi connectivity index (χ4v) is 5.46. The number of unbranched alkanes of at least 4 members (excludes halogenated alkanes) is 1. The van der Waals surface area contributed by atoms with Gasteiger partial charge in [0.1, 0.15) is 11.6 Å². The van der Waals surface area contributed by atoms with Crippen molar-refractivity contribution in [1.82, 2.24) is 10.3 Å². The van der Waals surface area contributed by atoms with Crippen LogP contribution in [-0.4, -0.2) is 50.2 Å². The second-order valence-corrected chi connectivity index (χ2v) is 12.7. The number of furan rings is 1. The van der Waals surface area contributed by atoms with Crippen molar-refractivity contribution in [3.05, 3.63) is 47.0 Å². The zero-order chi connectivity index (χ0) is 27.8. The molecular weight excluding hydrogens is 506 g/mol. The van der Waals surface area contributed by atoms with Gasteiger partial charge in [-0.2, -0.15) is 4.98 Å². The molecule has 0 aliphatic heterocycles. The summed E-state index contributed by atoms with van der Waals surface area (Å²) in [4.78, 5) is 29.1. The minimum Gasteiger partial charge on any atom is -0.481 e. The Hall–Kier alpha value is -3.40. The maximum atomic E-state index is 13.0. The third kappa shape index (κ3) is 5.70. The molecule has 0 bridgehead atoms. The molecule has 38 heavy (non-hydrogen) atoms. The molecule has 0 atom stereocenters. The van der Waals surface area contributed by atoms with Gasteiger partial charge >= 0.3 is 5.97 Å². The lowest BCUT2D eigenvalue weighted by Crippen LogP contribution is -2.33. The van der Waals surface area contributed by atoms with E-state index in [9.17, 15) is 23.1 Å². The number of aliphatic carboxylic acids is 1. The van der Waals surface area contributed by atoms with E-state index in [1.807, 2.05) is 37.3 Å². The quantitative estimate of drug-likeness (QED) is 0.324. The number of hydrogen-bond acceptors (Lipinski definition) is 6. The summed E-state index contributed by atoms with van der Waals surface area (Å²) >= 11 is 0. The van der Waals surface area contributed by atoms with E-state index in [1.165, 1.54) is 4.31 Å². The standard InChI is InChI=1S/C28H35N3O6S/c1-17-8-10-19(11-9-17)23-22(25(32)29-4)21-16-20(18-12-13-18)24(30-26(21)37-23)31(38(5,35)36)15-7-6-14-28(2,3)27(33)34/h8-11,16,18H,6-7,12-15H2,1-5H3,(H,29,32)(H,33,34). The van der Waals surface area contributed by atoms with Crippen LogP contribution in [0.5, 0.6) is 0 Å². The Labute approximate surface area is 223 Å². The number of aromatic nitrogens is 1. The number of benzene rings is 1. The number of anilines is 1. The summed E-state index contributed by atoms with van der Waals surface area (Å²) in [7, 11) is -2.14. The Kier molecular flexibility index (Phi) is 7.56. The minimum absolute atomic E-state index is 0.146. The number of amides is 1. The zero-order valence-electron chi connectivity index (χ0n) is 22.5. The summed E-state index contributed by atoms with van der Waals surface area (Å²) in [6, 6.07) is 9.48. The SMILES string of the molecule is CNC(=O)c1c(-c2ccc(C)cc2)oc2nc(N(CCCCC(C)(C)C(=O)O)S(C)(=O)=O)c(C3CC3)cc12. The molecule has 3 aromatic rings. The number of carboxylic acids is 1. The largest absolute Gasteiger partial charge is 0.481 e. The van der Waals surface area contributed by atoms with Gasteiger partial charge in [-0.3, -0.25) is 13.9 Å². The molecule has 4 rings (SSSR count). The predicted molar refractivity (Wildman–Crippen MR) is 147 cm³/mol. The molecule has 204 valence electrons. The summed E-state index contributed by atoms with van der Waals surface area (Å²) in [5, 5.41) is 12.6.